The number of imidazole rings is 1. The van der Waals surface area contributed by atoms with Gasteiger partial charge in [-0.05, 0) is 63.5 Å². The van der Waals surface area contributed by atoms with Crippen molar-refractivity contribution in [3.05, 3.63) is 59.9 Å². The highest BCUT2D eigenvalue weighted by molar-refractivity contribution is 6.30. The molecule has 2 aromatic carbocycles. The van der Waals surface area contributed by atoms with E-state index in [0.717, 1.165) is 66.4 Å². The molecule has 2 aromatic heterocycles. The maximum absolute atomic E-state index is 6.06. The summed E-state index contributed by atoms with van der Waals surface area (Å²) in [7, 11) is 4.20. The van der Waals surface area contributed by atoms with Crippen LogP contribution < -0.4 is 10.2 Å². The van der Waals surface area contributed by atoms with Crippen LogP contribution in [0.1, 0.15) is 6.42 Å². The van der Waals surface area contributed by atoms with Crippen molar-refractivity contribution in [1.82, 2.24) is 24.4 Å². The van der Waals surface area contributed by atoms with Gasteiger partial charge in [-0.15, -0.1) is 0 Å². The molecule has 182 valence electrons. The van der Waals surface area contributed by atoms with Gasteiger partial charge in [-0.3, -0.25) is 0 Å². The van der Waals surface area contributed by atoms with E-state index in [1.807, 2.05) is 36.7 Å². The quantitative estimate of drug-likeness (QED) is 0.383. The molecule has 0 bridgehead atoms. The molecule has 0 aliphatic carbocycles. The number of hydrogen-bond donors (Lipinski definition) is 1. The number of nitrogens with one attached hydrogen (secondary N) is 1. The van der Waals surface area contributed by atoms with Crippen molar-refractivity contribution < 1.29 is 4.74 Å². The number of fused-ring (bicyclic) bond motifs is 1. The lowest BCUT2D eigenvalue weighted by atomic mass is 10.1. The predicted octanol–water partition coefficient (Wildman–Crippen LogP) is 4.68. The summed E-state index contributed by atoms with van der Waals surface area (Å²) < 4.78 is 7.76. The maximum atomic E-state index is 6.06. The highest BCUT2D eigenvalue weighted by atomic mass is 35.5. The van der Waals surface area contributed by atoms with E-state index in [4.69, 9.17) is 26.3 Å². The van der Waals surface area contributed by atoms with Crippen LogP contribution in [0.5, 0.6) is 0 Å². The third-order valence-corrected chi connectivity index (χ3v) is 6.30. The van der Waals surface area contributed by atoms with Crippen LogP contribution in [0.15, 0.2) is 54.9 Å². The third kappa shape index (κ3) is 5.73. The second kappa shape index (κ2) is 10.6. The normalized spacial score (nSPS) is 14.1. The van der Waals surface area contributed by atoms with Crippen molar-refractivity contribution in [2.75, 3.05) is 57.2 Å². The number of aryl methyl sites for hydroxylation is 1. The molecule has 8 nitrogen and oxygen atoms in total. The molecule has 1 fully saturated rings. The van der Waals surface area contributed by atoms with Crippen LogP contribution in [0.25, 0.3) is 22.3 Å². The molecule has 5 rings (SSSR count). The van der Waals surface area contributed by atoms with Gasteiger partial charge >= 0.3 is 0 Å². The second-order valence-electron chi connectivity index (χ2n) is 8.97. The lowest BCUT2D eigenvalue weighted by molar-refractivity contribution is 0.122. The number of morpholine rings is 1. The summed E-state index contributed by atoms with van der Waals surface area (Å²) in [5.74, 6) is 1.43. The molecular formula is C26H30ClN7O. The minimum Gasteiger partial charge on any atom is -0.378 e. The van der Waals surface area contributed by atoms with Crippen LogP contribution >= 0.6 is 11.6 Å². The van der Waals surface area contributed by atoms with E-state index in [1.165, 1.54) is 0 Å². The van der Waals surface area contributed by atoms with Crippen molar-refractivity contribution >= 4 is 40.1 Å². The minimum absolute atomic E-state index is 0.672. The van der Waals surface area contributed by atoms with Crippen LogP contribution in [0, 0.1) is 0 Å². The standard InChI is InChI=1S/C26H30ClN7O/c1-32(2)10-3-11-34-18-28-22-9-4-19(16-24(22)34)23-17-25(29-21-7-5-20(27)6-8-21)31-26(30-23)33-12-14-35-15-13-33/h4-9,16-18H,3,10-15H2,1-2H3,(H,29,30,31). The zero-order valence-electron chi connectivity index (χ0n) is 20.1. The summed E-state index contributed by atoms with van der Waals surface area (Å²) in [6.07, 6.45) is 2.99. The second-order valence-corrected chi connectivity index (χ2v) is 9.40. The number of hydrogen-bond acceptors (Lipinski definition) is 7. The molecular weight excluding hydrogens is 462 g/mol. The predicted molar refractivity (Wildman–Crippen MR) is 142 cm³/mol. The lowest BCUT2D eigenvalue weighted by Crippen LogP contribution is -2.37. The van der Waals surface area contributed by atoms with Gasteiger partial charge in [0.2, 0.25) is 5.95 Å². The van der Waals surface area contributed by atoms with Gasteiger partial charge in [-0.25, -0.2) is 9.97 Å². The van der Waals surface area contributed by atoms with Crippen molar-refractivity contribution in [3.8, 4) is 11.3 Å². The molecule has 1 saturated heterocycles. The highest BCUT2D eigenvalue weighted by Crippen LogP contribution is 2.28. The van der Waals surface area contributed by atoms with Gasteiger partial charge in [-0.1, -0.05) is 17.7 Å². The van der Waals surface area contributed by atoms with Crippen molar-refractivity contribution in [3.63, 3.8) is 0 Å². The molecule has 0 saturated carbocycles. The zero-order chi connectivity index (χ0) is 24.2. The van der Waals surface area contributed by atoms with E-state index in [9.17, 15) is 0 Å². The summed E-state index contributed by atoms with van der Waals surface area (Å²) in [5.41, 5.74) is 4.91. The first-order chi connectivity index (χ1) is 17.0. The molecule has 1 aliphatic heterocycles. The van der Waals surface area contributed by atoms with Crippen molar-refractivity contribution in [2.45, 2.75) is 13.0 Å². The highest BCUT2D eigenvalue weighted by Gasteiger charge is 2.17. The molecule has 1 aliphatic rings. The van der Waals surface area contributed by atoms with E-state index in [-0.39, 0.29) is 0 Å². The maximum Gasteiger partial charge on any atom is 0.228 e. The van der Waals surface area contributed by atoms with Gasteiger partial charge in [0.25, 0.3) is 0 Å². The smallest absolute Gasteiger partial charge is 0.228 e. The Morgan fingerprint density at radius 2 is 1.83 bits per heavy atom. The Labute approximate surface area is 210 Å². The fourth-order valence-corrected chi connectivity index (χ4v) is 4.31. The van der Waals surface area contributed by atoms with E-state index in [2.05, 4.69) is 57.0 Å². The Balaban J connectivity index is 1.50. The average molecular weight is 492 g/mol. The van der Waals surface area contributed by atoms with E-state index < -0.39 is 0 Å². The molecule has 35 heavy (non-hydrogen) atoms. The monoisotopic (exact) mass is 491 g/mol. The Bertz CT molecular complexity index is 1280. The minimum atomic E-state index is 0.672. The summed E-state index contributed by atoms with van der Waals surface area (Å²) in [6.45, 7) is 4.83. The van der Waals surface area contributed by atoms with E-state index in [1.54, 1.807) is 0 Å². The SMILES string of the molecule is CN(C)CCCn1cnc2ccc(-c3cc(Nc4ccc(Cl)cc4)nc(N4CCOCC4)n3)cc21. The van der Waals surface area contributed by atoms with Crippen LogP contribution in [0.3, 0.4) is 0 Å². The third-order valence-electron chi connectivity index (χ3n) is 6.05. The largest absolute Gasteiger partial charge is 0.378 e. The Morgan fingerprint density at radius 1 is 1.03 bits per heavy atom. The molecule has 0 amide bonds. The van der Waals surface area contributed by atoms with E-state index >= 15 is 0 Å². The number of halogens is 1. The molecule has 3 heterocycles. The van der Waals surface area contributed by atoms with Crippen LogP contribution in [0.2, 0.25) is 5.02 Å². The first-order valence-electron chi connectivity index (χ1n) is 11.9. The van der Waals surface area contributed by atoms with Gasteiger partial charge < -0.3 is 24.4 Å². The van der Waals surface area contributed by atoms with Crippen LogP contribution in [-0.4, -0.2) is 71.4 Å². The van der Waals surface area contributed by atoms with Crippen molar-refractivity contribution in [2.24, 2.45) is 0 Å². The molecule has 0 atom stereocenters. The van der Waals surface area contributed by atoms with Crippen molar-refractivity contribution in [1.29, 1.82) is 0 Å². The number of ether oxygens (including phenoxy) is 1. The Kier molecular flexibility index (Phi) is 7.13. The summed E-state index contributed by atoms with van der Waals surface area (Å²) >= 11 is 6.06. The molecule has 1 N–H and O–H groups in total. The number of rotatable bonds is 8. The number of benzene rings is 2. The number of anilines is 3. The van der Waals surface area contributed by atoms with Crippen LogP contribution in [0.4, 0.5) is 17.5 Å². The fraction of sp³-hybridized carbons (Fsp3) is 0.346. The molecule has 9 heteroatoms. The zero-order valence-corrected chi connectivity index (χ0v) is 20.9. The number of aromatic nitrogens is 4. The van der Waals surface area contributed by atoms with Gasteiger partial charge in [-0.2, -0.15) is 4.98 Å². The molecule has 0 radical (unpaired) electrons. The summed E-state index contributed by atoms with van der Waals surface area (Å²) in [5, 5.41) is 4.11. The van der Waals surface area contributed by atoms with Gasteiger partial charge in [0.05, 0.1) is 36.3 Å². The van der Waals surface area contributed by atoms with E-state index in [0.29, 0.717) is 24.2 Å². The van der Waals surface area contributed by atoms with Crippen LogP contribution in [-0.2, 0) is 11.3 Å². The fourth-order valence-electron chi connectivity index (χ4n) is 4.18. The Hall–Kier alpha value is -3.20. The van der Waals surface area contributed by atoms with Gasteiger partial charge in [0, 0.05) is 42.0 Å². The first kappa shape index (κ1) is 23.5. The average Bonchev–Trinajstić information content (AvgIpc) is 3.28. The summed E-state index contributed by atoms with van der Waals surface area (Å²) in [6, 6.07) is 15.9. The molecule has 4 aromatic rings. The molecule has 0 unspecified atom stereocenters. The summed E-state index contributed by atoms with van der Waals surface area (Å²) in [4.78, 5) is 18.7. The van der Waals surface area contributed by atoms with Gasteiger partial charge in [0.1, 0.15) is 5.82 Å². The van der Waals surface area contributed by atoms with Gasteiger partial charge in [0.15, 0.2) is 0 Å². The number of nitrogens with zero attached hydrogens (tertiary/aromatic N) is 6. The topological polar surface area (TPSA) is 71.3 Å². The first-order valence-corrected chi connectivity index (χ1v) is 12.3. The Morgan fingerprint density at radius 3 is 2.60 bits per heavy atom. The molecule has 0 spiro atoms. The lowest BCUT2D eigenvalue weighted by Gasteiger charge is -2.27.